The highest BCUT2D eigenvalue weighted by Crippen LogP contribution is 2.48. The maximum atomic E-state index is 14.6. The van der Waals surface area contributed by atoms with E-state index in [1.165, 1.54) is 12.9 Å². The molecule has 0 amide bonds. The predicted octanol–water partition coefficient (Wildman–Crippen LogP) is 3.44. The fraction of sp³-hybridized carbons (Fsp3) is 0.412. The molecule has 1 fully saturated rings. The molecule has 3 rings (SSSR count). The Morgan fingerprint density at radius 3 is 2.68 bits per heavy atom. The monoisotopic (exact) mass is 448 g/mol. The van der Waals surface area contributed by atoms with E-state index >= 15 is 0 Å². The molecule has 0 radical (unpaired) electrons. The number of hydrogen-bond acceptors (Lipinski definition) is 7. The number of hydrogen-bond donors (Lipinski definition) is 1. The Kier molecular flexibility index (Phi) is 6.51. The Morgan fingerprint density at radius 1 is 1.36 bits per heavy atom. The van der Waals surface area contributed by atoms with E-state index in [1.54, 1.807) is 37.3 Å². The van der Waals surface area contributed by atoms with Crippen molar-refractivity contribution in [3.63, 3.8) is 0 Å². The SMILES string of the molecule is Cc1ccn([C@@H]2S[C@H](COP(C)(=O)Oc3ccc(Cl)cc3)[C@@H](O)[C@@H]2F)c(=O)n1. The third-order valence-corrected chi connectivity index (χ3v) is 7.04. The second kappa shape index (κ2) is 8.55. The van der Waals surface area contributed by atoms with Crippen LogP contribution in [0.1, 0.15) is 11.1 Å². The number of thioether (sulfide) groups is 1. The number of benzene rings is 1. The zero-order chi connectivity index (χ0) is 20.5. The van der Waals surface area contributed by atoms with Gasteiger partial charge in [-0.25, -0.2) is 13.8 Å². The van der Waals surface area contributed by atoms with Crippen LogP contribution in [0.5, 0.6) is 5.75 Å². The number of aryl methyl sites for hydroxylation is 1. The minimum Gasteiger partial charge on any atom is -0.425 e. The van der Waals surface area contributed by atoms with Gasteiger partial charge in [0.1, 0.15) is 17.2 Å². The molecule has 7 nitrogen and oxygen atoms in total. The maximum Gasteiger partial charge on any atom is 0.376 e. The van der Waals surface area contributed by atoms with Crippen LogP contribution in [0.15, 0.2) is 41.3 Å². The van der Waals surface area contributed by atoms with Gasteiger partial charge in [-0.15, -0.1) is 11.8 Å². The number of aliphatic hydroxyl groups is 1. The van der Waals surface area contributed by atoms with Gasteiger partial charge in [0.25, 0.3) is 0 Å². The van der Waals surface area contributed by atoms with Crippen LogP contribution < -0.4 is 10.2 Å². The van der Waals surface area contributed by atoms with E-state index in [2.05, 4.69) is 4.98 Å². The molecule has 1 unspecified atom stereocenters. The zero-order valence-electron chi connectivity index (χ0n) is 15.1. The van der Waals surface area contributed by atoms with Gasteiger partial charge in [0, 0.05) is 23.6 Å². The molecule has 1 aromatic carbocycles. The lowest BCUT2D eigenvalue weighted by molar-refractivity contribution is 0.0648. The topological polar surface area (TPSA) is 90.6 Å². The number of aliphatic hydroxyl groups excluding tert-OH is 1. The summed E-state index contributed by atoms with van der Waals surface area (Å²) in [5.41, 5.74) is -0.0764. The molecular weight excluding hydrogens is 430 g/mol. The van der Waals surface area contributed by atoms with E-state index in [0.29, 0.717) is 16.5 Å². The van der Waals surface area contributed by atoms with E-state index in [-0.39, 0.29) is 6.61 Å². The summed E-state index contributed by atoms with van der Waals surface area (Å²) < 4.78 is 38.9. The first kappa shape index (κ1) is 21.3. The fourth-order valence-electron chi connectivity index (χ4n) is 2.68. The highest BCUT2D eigenvalue weighted by molar-refractivity contribution is 8.00. The fourth-order valence-corrected chi connectivity index (χ4v) is 5.31. The van der Waals surface area contributed by atoms with Crippen molar-refractivity contribution in [2.45, 2.75) is 29.8 Å². The van der Waals surface area contributed by atoms with Gasteiger partial charge in [-0.05, 0) is 37.3 Å². The van der Waals surface area contributed by atoms with Crippen LogP contribution in [0.4, 0.5) is 4.39 Å². The van der Waals surface area contributed by atoms with Gasteiger partial charge in [-0.3, -0.25) is 9.09 Å². The summed E-state index contributed by atoms with van der Waals surface area (Å²) in [4.78, 5) is 15.8. The number of alkyl halides is 1. The Bertz CT molecular complexity index is 944. The second-order valence-corrected chi connectivity index (χ2v) is 10.2. The minimum atomic E-state index is -3.51. The molecule has 1 saturated heterocycles. The molecule has 0 bridgehead atoms. The lowest BCUT2D eigenvalue weighted by atomic mass is 10.1. The normalized spacial score (nSPS) is 26.8. The molecule has 0 spiro atoms. The summed E-state index contributed by atoms with van der Waals surface area (Å²) in [5.74, 6) is 0.313. The summed E-state index contributed by atoms with van der Waals surface area (Å²) in [6, 6.07) is 7.85. The van der Waals surface area contributed by atoms with Crippen molar-refractivity contribution in [1.29, 1.82) is 0 Å². The Hall–Kier alpha value is -1.38. The molecule has 5 atom stereocenters. The average Bonchev–Trinajstić information content (AvgIpc) is 2.90. The van der Waals surface area contributed by atoms with Crippen LogP contribution >= 0.6 is 31.0 Å². The first-order valence-corrected chi connectivity index (χ1v) is 11.7. The minimum absolute atomic E-state index is 0.210. The molecule has 2 heterocycles. The molecular formula is C17H19ClFN2O5PS. The largest absolute Gasteiger partial charge is 0.425 e. The van der Waals surface area contributed by atoms with Crippen molar-refractivity contribution >= 4 is 31.0 Å². The summed E-state index contributed by atoms with van der Waals surface area (Å²) in [7, 11) is -3.51. The second-order valence-electron chi connectivity index (χ2n) is 6.37. The third kappa shape index (κ3) is 4.96. The van der Waals surface area contributed by atoms with Crippen LogP contribution in [0, 0.1) is 6.92 Å². The van der Waals surface area contributed by atoms with Crippen LogP contribution in [-0.2, 0) is 9.09 Å². The van der Waals surface area contributed by atoms with Crippen molar-refractivity contribution in [3.05, 3.63) is 57.7 Å². The van der Waals surface area contributed by atoms with Crippen molar-refractivity contribution in [3.8, 4) is 5.75 Å². The van der Waals surface area contributed by atoms with E-state index < -0.39 is 36.2 Å². The Balaban J connectivity index is 1.65. The molecule has 152 valence electrons. The summed E-state index contributed by atoms with van der Waals surface area (Å²) in [6.45, 7) is 2.73. The molecule has 1 N–H and O–H groups in total. The molecule has 1 aromatic heterocycles. The number of rotatable bonds is 6. The molecule has 2 aromatic rings. The van der Waals surface area contributed by atoms with Crippen LogP contribution in [0.2, 0.25) is 5.02 Å². The van der Waals surface area contributed by atoms with Gasteiger partial charge in [0.2, 0.25) is 0 Å². The van der Waals surface area contributed by atoms with E-state index in [0.717, 1.165) is 16.3 Å². The van der Waals surface area contributed by atoms with Gasteiger partial charge in [0.05, 0.1) is 11.9 Å². The van der Waals surface area contributed by atoms with Crippen LogP contribution in [-0.4, -0.2) is 45.5 Å². The highest BCUT2D eigenvalue weighted by Gasteiger charge is 2.45. The van der Waals surface area contributed by atoms with Gasteiger partial charge < -0.3 is 9.63 Å². The van der Waals surface area contributed by atoms with Gasteiger partial charge in [0.15, 0.2) is 6.17 Å². The number of nitrogens with zero attached hydrogens (tertiary/aromatic N) is 2. The van der Waals surface area contributed by atoms with Gasteiger partial charge in [-0.1, -0.05) is 11.6 Å². The molecule has 1 aliphatic heterocycles. The quantitative estimate of drug-likeness (QED) is 0.677. The Morgan fingerprint density at radius 2 is 2.04 bits per heavy atom. The van der Waals surface area contributed by atoms with Crippen molar-refractivity contribution in [2.75, 3.05) is 13.3 Å². The van der Waals surface area contributed by atoms with Gasteiger partial charge in [-0.2, -0.15) is 4.98 Å². The van der Waals surface area contributed by atoms with E-state index in [4.69, 9.17) is 20.6 Å². The standard InChI is InChI=1S/C17H19ClFN2O5PS/c1-10-7-8-21(17(23)20-10)16-14(19)15(22)13(28-16)9-25-27(2,24)26-12-5-3-11(18)4-6-12/h3-8,13-16,22H,9H2,1-2H3/t13-,14+,15-,16-,27?/m1/s1. The molecule has 1 aliphatic rings. The molecule has 11 heteroatoms. The first-order valence-electron chi connectivity index (χ1n) is 8.37. The summed E-state index contributed by atoms with van der Waals surface area (Å²) >= 11 is 6.82. The lowest BCUT2D eigenvalue weighted by Crippen LogP contribution is -2.33. The van der Waals surface area contributed by atoms with Crippen molar-refractivity contribution in [1.82, 2.24) is 9.55 Å². The number of aromatic nitrogens is 2. The number of halogens is 2. The molecule has 28 heavy (non-hydrogen) atoms. The summed E-state index contributed by atoms with van der Waals surface area (Å²) in [6.07, 6.45) is -1.65. The zero-order valence-corrected chi connectivity index (χ0v) is 17.5. The molecule has 0 aliphatic carbocycles. The van der Waals surface area contributed by atoms with Crippen molar-refractivity contribution in [2.24, 2.45) is 0 Å². The smallest absolute Gasteiger partial charge is 0.376 e. The van der Waals surface area contributed by atoms with Crippen LogP contribution in [0.3, 0.4) is 0 Å². The Labute approximate surface area is 170 Å². The van der Waals surface area contributed by atoms with Gasteiger partial charge >= 0.3 is 13.3 Å². The first-order chi connectivity index (χ1) is 13.2. The van der Waals surface area contributed by atoms with E-state index in [9.17, 15) is 18.9 Å². The van der Waals surface area contributed by atoms with Crippen molar-refractivity contribution < 1.29 is 23.1 Å². The molecule has 0 saturated carbocycles. The average molecular weight is 449 g/mol. The van der Waals surface area contributed by atoms with Crippen LogP contribution in [0.25, 0.3) is 0 Å². The predicted molar refractivity (Wildman–Crippen MR) is 106 cm³/mol. The highest BCUT2D eigenvalue weighted by atomic mass is 35.5. The third-order valence-electron chi connectivity index (χ3n) is 4.10. The van der Waals surface area contributed by atoms with E-state index in [1.807, 2.05) is 0 Å². The summed E-state index contributed by atoms with van der Waals surface area (Å²) in [5, 5.41) is 9.03. The maximum absolute atomic E-state index is 14.6. The lowest BCUT2D eigenvalue weighted by Gasteiger charge is -2.19.